The van der Waals surface area contributed by atoms with Gasteiger partial charge in [-0.1, -0.05) is 30.3 Å². The number of carbonyl (C=O) groups is 1. The Morgan fingerprint density at radius 1 is 0.923 bits per heavy atom. The van der Waals surface area contributed by atoms with Crippen LogP contribution in [0.2, 0.25) is 0 Å². The van der Waals surface area contributed by atoms with Crippen LogP contribution in [0.15, 0.2) is 90.0 Å². The Balaban J connectivity index is 1.13. The molecular formula is C30H37N5O3S. The number of nitrogens with one attached hydrogen (secondary N) is 2. The molecule has 1 aliphatic rings. The lowest BCUT2D eigenvalue weighted by Crippen LogP contribution is -2.40. The van der Waals surface area contributed by atoms with E-state index in [-0.39, 0.29) is 6.03 Å². The number of nitrogens with two attached hydrogens (primary N) is 1. The highest BCUT2D eigenvalue weighted by atomic mass is 32.2. The van der Waals surface area contributed by atoms with Gasteiger partial charge in [-0.2, -0.15) is 0 Å². The SMILES string of the molecule is CN1CCN(Sc2ccc(COc3ccc(/C(N)=C/NC(=O)NCCCOc4ccccc4)cc3)cc2)CC1. The molecular weight excluding hydrogens is 510 g/mol. The Bertz CT molecular complexity index is 1180. The van der Waals surface area contributed by atoms with Gasteiger partial charge in [-0.3, -0.25) is 0 Å². The van der Waals surface area contributed by atoms with E-state index < -0.39 is 0 Å². The van der Waals surface area contributed by atoms with Gasteiger partial charge in [0, 0.05) is 43.8 Å². The summed E-state index contributed by atoms with van der Waals surface area (Å²) in [7, 11) is 2.17. The first-order valence-electron chi connectivity index (χ1n) is 13.2. The van der Waals surface area contributed by atoms with Gasteiger partial charge in [0.2, 0.25) is 0 Å². The summed E-state index contributed by atoms with van der Waals surface area (Å²) in [4.78, 5) is 15.6. The van der Waals surface area contributed by atoms with Crippen LogP contribution in [0.1, 0.15) is 17.5 Å². The van der Waals surface area contributed by atoms with Crippen molar-refractivity contribution in [3.8, 4) is 11.5 Å². The molecule has 4 rings (SSSR count). The largest absolute Gasteiger partial charge is 0.494 e. The summed E-state index contributed by atoms with van der Waals surface area (Å²) in [6.45, 7) is 5.89. The van der Waals surface area contributed by atoms with Crippen molar-refractivity contribution >= 4 is 23.7 Å². The lowest BCUT2D eigenvalue weighted by Gasteiger charge is -2.31. The molecule has 0 spiro atoms. The lowest BCUT2D eigenvalue weighted by atomic mass is 10.1. The Morgan fingerprint density at radius 2 is 1.62 bits per heavy atom. The third kappa shape index (κ3) is 9.86. The first-order chi connectivity index (χ1) is 19.0. The number of piperazine rings is 1. The van der Waals surface area contributed by atoms with Crippen molar-refractivity contribution in [3.05, 3.63) is 96.2 Å². The molecule has 0 atom stereocenters. The van der Waals surface area contributed by atoms with Gasteiger partial charge in [-0.25, -0.2) is 9.10 Å². The molecule has 1 saturated heterocycles. The third-order valence-electron chi connectivity index (χ3n) is 6.19. The molecule has 0 aromatic heterocycles. The second-order valence-electron chi connectivity index (χ2n) is 9.30. The Kier molecular flexibility index (Phi) is 10.9. The van der Waals surface area contributed by atoms with Crippen molar-refractivity contribution in [2.45, 2.75) is 17.9 Å². The number of carbonyl (C=O) groups excluding carboxylic acids is 1. The van der Waals surface area contributed by atoms with Crippen LogP contribution in [0, 0.1) is 0 Å². The Morgan fingerprint density at radius 3 is 2.33 bits per heavy atom. The number of benzene rings is 3. The predicted octanol–water partition coefficient (Wildman–Crippen LogP) is 4.55. The monoisotopic (exact) mass is 547 g/mol. The summed E-state index contributed by atoms with van der Waals surface area (Å²) in [5, 5.41) is 5.45. The average molecular weight is 548 g/mol. The molecule has 8 nitrogen and oxygen atoms in total. The van der Waals surface area contributed by atoms with E-state index in [0.29, 0.717) is 31.9 Å². The average Bonchev–Trinajstić information content (AvgIpc) is 2.97. The van der Waals surface area contributed by atoms with E-state index in [1.54, 1.807) is 0 Å². The van der Waals surface area contributed by atoms with Crippen LogP contribution < -0.4 is 25.8 Å². The normalized spacial score (nSPS) is 14.5. The van der Waals surface area contributed by atoms with Gasteiger partial charge in [0.25, 0.3) is 0 Å². The van der Waals surface area contributed by atoms with Crippen molar-refractivity contribution in [2.24, 2.45) is 5.73 Å². The van der Waals surface area contributed by atoms with Crippen LogP contribution in [0.3, 0.4) is 0 Å². The highest BCUT2D eigenvalue weighted by Gasteiger charge is 2.14. The topological polar surface area (TPSA) is 92.1 Å². The number of amides is 2. The first-order valence-corrected chi connectivity index (χ1v) is 13.9. The number of likely N-dealkylation sites (N-methyl/N-ethyl adjacent to an activating group) is 1. The smallest absolute Gasteiger partial charge is 0.318 e. The Labute approximate surface area is 235 Å². The molecule has 206 valence electrons. The molecule has 0 radical (unpaired) electrons. The van der Waals surface area contributed by atoms with Crippen LogP contribution >= 0.6 is 11.9 Å². The van der Waals surface area contributed by atoms with Crippen LogP contribution in [0.5, 0.6) is 11.5 Å². The van der Waals surface area contributed by atoms with Gasteiger partial charge in [-0.15, -0.1) is 0 Å². The van der Waals surface area contributed by atoms with E-state index in [1.165, 1.54) is 11.1 Å². The van der Waals surface area contributed by atoms with Gasteiger partial charge in [0.15, 0.2) is 0 Å². The third-order valence-corrected chi connectivity index (χ3v) is 7.30. The Hall–Kier alpha value is -3.66. The van der Waals surface area contributed by atoms with Gasteiger partial charge < -0.3 is 30.7 Å². The van der Waals surface area contributed by atoms with Gasteiger partial charge in [-0.05, 0) is 85.1 Å². The number of hydrogen-bond acceptors (Lipinski definition) is 7. The summed E-state index contributed by atoms with van der Waals surface area (Å²) < 4.78 is 14.0. The number of ether oxygens (including phenoxy) is 2. The molecule has 1 aliphatic heterocycles. The number of urea groups is 1. The molecule has 1 heterocycles. The second-order valence-corrected chi connectivity index (χ2v) is 10.5. The van der Waals surface area contributed by atoms with Crippen LogP contribution in [0.4, 0.5) is 4.79 Å². The first kappa shape index (κ1) is 28.4. The number of rotatable bonds is 12. The molecule has 0 aliphatic carbocycles. The van der Waals surface area contributed by atoms with Gasteiger partial charge in [0.1, 0.15) is 18.1 Å². The number of nitrogens with zero attached hydrogens (tertiary/aromatic N) is 2. The number of para-hydroxylation sites is 1. The number of hydrogen-bond donors (Lipinski definition) is 3. The maximum atomic E-state index is 12.0. The van der Waals surface area contributed by atoms with Crippen molar-refractivity contribution in [1.82, 2.24) is 19.8 Å². The summed E-state index contributed by atoms with van der Waals surface area (Å²) >= 11 is 1.82. The highest BCUT2D eigenvalue weighted by molar-refractivity contribution is 7.97. The maximum Gasteiger partial charge on any atom is 0.318 e. The minimum absolute atomic E-state index is 0.314. The lowest BCUT2D eigenvalue weighted by molar-refractivity contribution is 0.233. The minimum atomic E-state index is -0.314. The summed E-state index contributed by atoms with van der Waals surface area (Å²) in [5.41, 5.74) is 8.50. The van der Waals surface area contributed by atoms with E-state index in [9.17, 15) is 4.79 Å². The van der Waals surface area contributed by atoms with Crippen molar-refractivity contribution in [1.29, 1.82) is 0 Å². The van der Waals surface area contributed by atoms with Crippen molar-refractivity contribution in [2.75, 3.05) is 46.4 Å². The van der Waals surface area contributed by atoms with Crippen molar-refractivity contribution < 1.29 is 14.3 Å². The molecule has 3 aromatic carbocycles. The van der Waals surface area contributed by atoms with Crippen molar-refractivity contribution in [3.63, 3.8) is 0 Å². The molecule has 0 bridgehead atoms. The highest BCUT2D eigenvalue weighted by Crippen LogP contribution is 2.24. The van der Waals surface area contributed by atoms with Gasteiger partial charge in [0.05, 0.1) is 12.3 Å². The summed E-state index contributed by atoms with van der Waals surface area (Å²) in [6, 6.07) is 25.3. The molecule has 9 heteroatoms. The standard InChI is InChI=1S/C30H37N5O3S/c1-34-17-19-35(20-18-34)39-28-14-8-24(9-15-28)23-38-27-12-10-25(11-13-27)29(31)22-33-30(36)32-16-5-21-37-26-6-3-2-4-7-26/h2-4,6-15,22H,5,16-21,23,31H2,1H3,(H2,32,33,36)/b29-22-. The maximum absolute atomic E-state index is 12.0. The van der Waals surface area contributed by atoms with Crippen LogP contribution in [0.25, 0.3) is 5.70 Å². The van der Waals surface area contributed by atoms with E-state index >= 15 is 0 Å². The molecule has 0 saturated carbocycles. The molecule has 3 aromatic rings. The van der Waals surface area contributed by atoms with E-state index in [2.05, 4.69) is 51.2 Å². The zero-order valence-corrected chi connectivity index (χ0v) is 23.2. The fraction of sp³-hybridized carbons (Fsp3) is 0.300. The quantitative estimate of drug-likeness (QED) is 0.226. The fourth-order valence-electron chi connectivity index (χ4n) is 3.84. The fourth-order valence-corrected chi connectivity index (χ4v) is 4.75. The predicted molar refractivity (Wildman–Crippen MR) is 157 cm³/mol. The van der Waals surface area contributed by atoms with E-state index in [1.807, 2.05) is 66.5 Å². The van der Waals surface area contributed by atoms with Crippen LogP contribution in [-0.4, -0.2) is 61.6 Å². The molecule has 39 heavy (non-hydrogen) atoms. The van der Waals surface area contributed by atoms with Crippen LogP contribution in [-0.2, 0) is 6.61 Å². The second kappa shape index (κ2) is 15.1. The minimum Gasteiger partial charge on any atom is -0.494 e. The zero-order chi connectivity index (χ0) is 27.3. The molecule has 2 amide bonds. The molecule has 1 fully saturated rings. The van der Waals surface area contributed by atoms with E-state index in [0.717, 1.165) is 48.8 Å². The zero-order valence-electron chi connectivity index (χ0n) is 22.3. The molecule has 4 N–H and O–H groups in total. The van der Waals surface area contributed by atoms with E-state index in [4.69, 9.17) is 15.2 Å². The summed E-state index contributed by atoms with van der Waals surface area (Å²) in [6.07, 6.45) is 2.19. The molecule has 0 unspecified atom stereocenters. The summed E-state index contributed by atoms with van der Waals surface area (Å²) in [5.74, 6) is 1.57. The van der Waals surface area contributed by atoms with Gasteiger partial charge >= 0.3 is 6.03 Å².